The van der Waals surface area contributed by atoms with Crippen molar-refractivity contribution in [1.29, 1.82) is 0 Å². The second-order valence-electron chi connectivity index (χ2n) is 7.70. The highest BCUT2D eigenvalue weighted by Gasteiger charge is 2.31. The number of thiazole rings is 1. The predicted molar refractivity (Wildman–Crippen MR) is 122 cm³/mol. The Labute approximate surface area is 192 Å². The minimum absolute atomic E-state index is 0.162. The van der Waals surface area contributed by atoms with Crippen LogP contribution in [-0.4, -0.2) is 29.3 Å². The van der Waals surface area contributed by atoms with Crippen molar-refractivity contribution in [2.45, 2.75) is 32.7 Å². The Morgan fingerprint density at radius 3 is 2.52 bits per heavy atom. The molecular formula is C22H21F3N4O3S. The number of anilines is 2. The molecule has 0 bridgehead atoms. The second-order valence-corrected chi connectivity index (χ2v) is 8.56. The summed E-state index contributed by atoms with van der Waals surface area (Å²) in [4.78, 5) is 16.5. The number of carbonyl (C=O) groups excluding carboxylic acids is 1. The first-order valence-electron chi connectivity index (χ1n) is 9.68. The monoisotopic (exact) mass is 478 g/mol. The molecule has 7 nitrogen and oxygen atoms in total. The van der Waals surface area contributed by atoms with E-state index in [1.807, 2.05) is 35.7 Å². The summed E-state index contributed by atoms with van der Waals surface area (Å²) in [6.45, 7) is 5.07. The van der Waals surface area contributed by atoms with Crippen LogP contribution in [0.1, 0.15) is 26.3 Å². The lowest BCUT2D eigenvalue weighted by molar-refractivity contribution is -0.274. The molecule has 3 aromatic rings. The maximum Gasteiger partial charge on any atom is 0.573 e. The Kier molecular flexibility index (Phi) is 7.22. The molecule has 0 saturated carbocycles. The summed E-state index contributed by atoms with van der Waals surface area (Å²) in [5.74, 6) is -0.459. The van der Waals surface area contributed by atoms with Crippen LogP contribution >= 0.6 is 11.3 Å². The first-order chi connectivity index (χ1) is 15.5. The van der Waals surface area contributed by atoms with E-state index in [2.05, 4.69) is 25.6 Å². The van der Waals surface area contributed by atoms with Crippen LogP contribution in [0.5, 0.6) is 5.75 Å². The van der Waals surface area contributed by atoms with Gasteiger partial charge in [0.05, 0.1) is 17.6 Å². The van der Waals surface area contributed by atoms with Crippen molar-refractivity contribution in [2.24, 2.45) is 5.10 Å². The summed E-state index contributed by atoms with van der Waals surface area (Å²) < 4.78 is 47.0. The van der Waals surface area contributed by atoms with E-state index in [9.17, 15) is 18.0 Å². The molecule has 1 aromatic heterocycles. The maximum absolute atomic E-state index is 12.6. The molecule has 0 aliphatic rings. The molecule has 3 rings (SSSR count). The van der Waals surface area contributed by atoms with Gasteiger partial charge in [0.25, 0.3) is 0 Å². The standard InChI is InChI=1S/C22H21F3N4O3S/c1-21(2,3)32-20(30)28-17-10-9-16(31-22(23,24)25)11-15(17)12-26-29-19-27-18(13-33-19)14-7-5-4-6-8-14/h4-13H,1-3H3,(H,27,29)(H,28,30). The molecule has 0 aliphatic heterocycles. The normalized spacial score (nSPS) is 11.9. The number of nitrogens with zero attached hydrogens (tertiary/aromatic N) is 2. The van der Waals surface area contributed by atoms with Gasteiger partial charge in [0.15, 0.2) is 0 Å². The average Bonchev–Trinajstić information content (AvgIpc) is 3.17. The van der Waals surface area contributed by atoms with Crippen LogP contribution in [0.15, 0.2) is 59.0 Å². The third-order valence-electron chi connectivity index (χ3n) is 3.83. The maximum atomic E-state index is 12.6. The van der Waals surface area contributed by atoms with Crippen molar-refractivity contribution >= 4 is 34.5 Å². The Hall–Kier alpha value is -3.60. The predicted octanol–water partition coefficient (Wildman–Crippen LogP) is 6.50. The van der Waals surface area contributed by atoms with Gasteiger partial charge in [-0.05, 0) is 39.0 Å². The fourth-order valence-corrected chi connectivity index (χ4v) is 3.26. The van der Waals surface area contributed by atoms with Crippen LogP contribution < -0.4 is 15.5 Å². The molecule has 0 fully saturated rings. The van der Waals surface area contributed by atoms with Crippen LogP contribution in [0.25, 0.3) is 11.3 Å². The minimum Gasteiger partial charge on any atom is -0.444 e. The number of aromatic nitrogens is 1. The quantitative estimate of drug-likeness (QED) is 0.312. The van der Waals surface area contributed by atoms with Crippen LogP contribution in [0.2, 0.25) is 0 Å². The van der Waals surface area contributed by atoms with E-state index in [0.29, 0.717) is 5.13 Å². The highest BCUT2D eigenvalue weighted by atomic mass is 32.1. The van der Waals surface area contributed by atoms with E-state index in [0.717, 1.165) is 23.4 Å². The lowest BCUT2D eigenvalue weighted by atomic mass is 10.2. The van der Waals surface area contributed by atoms with Gasteiger partial charge in [-0.2, -0.15) is 5.10 Å². The Morgan fingerprint density at radius 2 is 1.85 bits per heavy atom. The van der Waals surface area contributed by atoms with Gasteiger partial charge >= 0.3 is 12.5 Å². The molecule has 2 aromatic carbocycles. The summed E-state index contributed by atoms with van der Waals surface area (Å²) in [6, 6.07) is 13.0. The molecule has 0 aliphatic carbocycles. The van der Waals surface area contributed by atoms with Crippen molar-refractivity contribution in [3.05, 3.63) is 59.5 Å². The van der Waals surface area contributed by atoms with Gasteiger partial charge < -0.3 is 9.47 Å². The van der Waals surface area contributed by atoms with Crippen LogP contribution in [-0.2, 0) is 4.74 Å². The lowest BCUT2D eigenvalue weighted by Crippen LogP contribution is -2.27. The molecular weight excluding hydrogens is 457 g/mol. The molecule has 0 radical (unpaired) electrons. The molecule has 2 N–H and O–H groups in total. The third-order valence-corrected chi connectivity index (χ3v) is 4.58. The molecule has 1 heterocycles. The third kappa shape index (κ3) is 7.79. The number of hydrazone groups is 1. The van der Waals surface area contributed by atoms with E-state index in [1.165, 1.54) is 23.6 Å². The van der Waals surface area contributed by atoms with Gasteiger partial charge in [-0.3, -0.25) is 10.7 Å². The van der Waals surface area contributed by atoms with E-state index >= 15 is 0 Å². The smallest absolute Gasteiger partial charge is 0.444 e. The lowest BCUT2D eigenvalue weighted by Gasteiger charge is -2.20. The Bertz CT molecular complexity index is 1130. The van der Waals surface area contributed by atoms with E-state index in [4.69, 9.17) is 4.74 Å². The summed E-state index contributed by atoms with van der Waals surface area (Å²) in [5.41, 5.74) is 4.03. The average molecular weight is 478 g/mol. The molecule has 11 heteroatoms. The van der Waals surface area contributed by atoms with Crippen LogP contribution in [0.3, 0.4) is 0 Å². The van der Waals surface area contributed by atoms with Crippen molar-refractivity contribution in [3.8, 4) is 17.0 Å². The van der Waals surface area contributed by atoms with Crippen LogP contribution in [0, 0.1) is 0 Å². The van der Waals surface area contributed by atoms with E-state index in [1.54, 1.807) is 20.8 Å². The van der Waals surface area contributed by atoms with E-state index in [-0.39, 0.29) is 11.3 Å². The number of nitrogens with one attached hydrogen (secondary N) is 2. The number of benzene rings is 2. The summed E-state index contributed by atoms with van der Waals surface area (Å²) in [5, 5.41) is 8.87. The molecule has 0 spiro atoms. The highest BCUT2D eigenvalue weighted by molar-refractivity contribution is 7.14. The van der Waals surface area contributed by atoms with Gasteiger partial charge in [0.1, 0.15) is 11.4 Å². The number of hydrogen-bond acceptors (Lipinski definition) is 7. The van der Waals surface area contributed by atoms with Gasteiger partial charge in [-0.15, -0.1) is 24.5 Å². The van der Waals surface area contributed by atoms with Gasteiger partial charge in [-0.1, -0.05) is 30.3 Å². The fourth-order valence-electron chi connectivity index (χ4n) is 2.60. The largest absolute Gasteiger partial charge is 0.573 e. The number of carbonyl (C=O) groups is 1. The highest BCUT2D eigenvalue weighted by Crippen LogP contribution is 2.28. The Balaban J connectivity index is 1.78. The number of alkyl halides is 3. The first-order valence-corrected chi connectivity index (χ1v) is 10.6. The number of halogens is 3. The van der Waals surface area contributed by atoms with E-state index < -0.39 is 23.8 Å². The second kappa shape index (κ2) is 9.90. The molecule has 0 atom stereocenters. The van der Waals surface area contributed by atoms with Crippen molar-refractivity contribution < 1.29 is 27.4 Å². The summed E-state index contributed by atoms with van der Waals surface area (Å²) in [6.07, 6.45) is -4.37. The van der Waals surface area contributed by atoms with Crippen LogP contribution in [0.4, 0.5) is 28.8 Å². The molecule has 33 heavy (non-hydrogen) atoms. The molecule has 1 amide bonds. The number of rotatable bonds is 6. The SMILES string of the molecule is CC(C)(C)OC(=O)Nc1ccc(OC(F)(F)F)cc1C=NNc1nc(-c2ccccc2)cs1. The number of ether oxygens (including phenoxy) is 2. The van der Waals surface area contributed by atoms with Crippen molar-refractivity contribution in [2.75, 3.05) is 10.7 Å². The molecule has 0 unspecified atom stereocenters. The van der Waals surface area contributed by atoms with Crippen molar-refractivity contribution in [3.63, 3.8) is 0 Å². The number of amides is 1. The minimum atomic E-state index is -4.86. The van der Waals surface area contributed by atoms with Gasteiger partial charge in [0, 0.05) is 16.5 Å². The van der Waals surface area contributed by atoms with Crippen molar-refractivity contribution in [1.82, 2.24) is 4.98 Å². The Morgan fingerprint density at radius 1 is 1.12 bits per heavy atom. The molecule has 0 saturated heterocycles. The number of hydrogen-bond donors (Lipinski definition) is 2. The zero-order chi connectivity index (χ0) is 24.1. The zero-order valence-corrected chi connectivity index (χ0v) is 18.8. The van der Waals surface area contributed by atoms with Gasteiger partial charge in [-0.25, -0.2) is 9.78 Å². The first kappa shape index (κ1) is 24.1. The summed E-state index contributed by atoms with van der Waals surface area (Å²) >= 11 is 1.31. The zero-order valence-electron chi connectivity index (χ0n) is 17.9. The fraction of sp³-hybridized carbons (Fsp3) is 0.227. The topological polar surface area (TPSA) is 84.8 Å². The molecule has 174 valence electrons. The van der Waals surface area contributed by atoms with Gasteiger partial charge in [0.2, 0.25) is 5.13 Å². The summed E-state index contributed by atoms with van der Waals surface area (Å²) in [7, 11) is 0.